The van der Waals surface area contributed by atoms with E-state index >= 15 is 0 Å². The number of nitrogens with one attached hydrogen (secondary N) is 1. The number of hydrogen-bond acceptors (Lipinski definition) is 5. The van der Waals surface area contributed by atoms with Crippen LogP contribution in [0.3, 0.4) is 0 Å². The Morgan fingerprint density at radius 3 is 2.38 bits per heavy atom. The smallest absolute Gasteiger partial charge is 0.275 e. The minimum absolute atomic E-state index is 0.120. The number of carbonyl (C=O) groups excluding carboxylic acids is 1. The number of nitrogen functional groups attached to an aromatic ring is 1. The Hall–Kier alpha value is -3.06. The SMILES string of the molecule is C[C@H](Sc1nc(=O)cc(N)n1CCc1ccccc1)C(=O)NCc1ccccc1. The first-order chi connectivity index (χ1) is 14.0. The van der Waals surface area contributed by atoms with Crippen molar-refractivity contribution in [1.29, 1.82) is 0 Å². The van der Waals surface area contributed by atoms with Crippen LogP contribution in [0.2, 0.25) is 0 Å². The minimum Gasteiger partial charge on any atom is -0.385 e. The van der Waals surface area contributed by atoms with Gasteiger partial charge >= 0.3 is 0 Å². The van der Waals surface area contributed by atoms with Crippen molar-refractivity contribution in [2.75, 3.05) is 5.73 Å². The van der Waals surface area contributed by atoms with Crippen LogP contribution in [0.4, 0.5) is 5.82 Å². The van der Waals surface area contributed by atoms with Gasteiger partial charge in [-0.05, 0) is 24.5 Å². The van der Waals surface area contributed by atoms with Crippen LogP contribution in [0.1, 0.15) is 18.1 Å². The first-order valence-corrected chi connectivity index (χ1v) is 10.3. The Morgan fingerprint density at radius 2 is 1.72 bits per heavy atom. The van der Waals surface area contributed by atoms with E-state index in [1.807, 2.05) is 60.7 Å². The Bertz CT molecular complexity index is 1010. The van der Waals surface area contributed by atoms with Crippen molar-refractivity contribution in [2.24, 2.45) is 0 Å². The van der Waals surface area contributed by atoms with Crippen molar-refractivity contribution in [3.8, 4) is 0 Å². The zero-order valence-corrected chi connectivity index (χ0v) is 17.1. The summed E-state index contributed by atoms with van der Waals surface area (Å²) in [5, 5.41) is 2.95. The molecule has 1 heterocycles. The van der Waals surface area contributed by atoms with Crippen molar-refractivity contribution in [3.05, 3.63) is 88.2 Å². The van der Waals surface area contributed by atoms with E-state index in [1.54, 1.807) is 11.5 Å². The second-order valence-corrected chi connectivity index (χ2v) is 7.96. The van der Waals surface area contributed by atoms with Gasteiger partial charge in [0.05, 0.1) is 5.25 Å². The average molecular weight is 409 g/mol. The molecule has 0 bridgehead atoms. The summed E-state index contributed by atoms with van der Waals surface area (Å²) in [6.07, 6.45) is 0.748. The third-order valence-corrected chi connectivity index (χ3v) is 5.54. The maximum absolute atomic E-state index is 12.5. The fourth-order valence-corrected chi connectivity index (χ4v) is 3.82. The summed E-state index contributed by atoms with van der Waals surface area (Å²) in [7, 11) is 0. The number of anilines is 1. The number of nitrogens with two attached hydrogens (primary N) is 1. The molecule has 29 heavy (non-hydrogen) atoms. The van der Waals surface area contributed by atoms with Crippen LogP contribution < -0.4 is 16.6 Å². The molecule has 3 N–H and O–H groups in total. The molecule has 0 unspecified atom stereocenters. The number of benzene rings is 2. The second-order valence-electron chi connectivity index (χ2n) is 6.65. The molecule has 0 saturated carbocycles. The van der Waals surface area contributed by atoms with Gasteiger partial charge in [0, 0.05) is 19.2 Å². The molecule has 150 valence electrons. The van der Waals surface area contributed by atoms with Crippen molar-refractivity contribution in [3.63, 3.8) is 0 Å². The number of carbonyl (C=O) groups is 1. The monoisotopic (exact) mass is 408 g/mol. The lowest BCUT2D eigenvalue weighted by Gasteiger charge is -2.17. The van der Waals surface area contributed by atoms with Crippen molar-refractivity contribution in [2.45, 2.75) is 36.8 Å². The van der Waals surface area contributed by atoms with E-state index in [9.17, 15) is 9.59 Å². The maximum Gasteiger partial charge on any atom is 0.275 e. The summed E-state index contributed by atoms with van der Waals surface area (Å²) >= 11 is 1.24. The Morgan fingerprint density at radius 1 is 1.10 bits per heavy atom. The van der Waals surface area contributed by atoms with Crippen LogP contribution in [0.15, 0.2) is 76.7 Å². The molecule has 1 atom stereocenters. The zero-order chi connectivity index (χ0) is 20.6. The van der Waals surface area contributed by atoms with Crippen LogP contribution in [-0.2, 0) is 24.3 Å². The van der Waals surface area contributed by atoms with Crippen molar-refractivity contribution >= 4 is 23.5 Å². The van der Waals surface area contributed by atoms with Gasteiger partial charge in [0.15, 0.2) is 5.16 Å². The highest BCUT2D eigenvalue weighted by Gasteiger charge is 2.18. The molecule has 7 heteroatoms. The number of rotatable bonds is 8. The molecule has 3 aromatic rings. The quantitative estimate of drug-likeness (QED) is 0.442. The molecular formula is C22H24N4O2S. The molecule has 1 amide bonds. The third kappa shape index (κ3) is 5.96. The number of hydrogen-bond donors (Lipinski definition) is 2. The summed E-state index contributed by atoms with van der Waals surface area (Å²) in [5.41, 5.74) is 7.87. The largest absolute Gasteiger partial charge is 0.385 e. The Balaban J connectivity index is 1.68. The third-order valence-electron chi connectivity index (χ3n) is 4.45. The van der Waals surface area contributed by atoms with Gasteiger partial charge in [-0.1, -0.05) is 72.4 Å². The number of amides is 1. The molecule has 2 aromatic carbocycles. The van der Waals surface area contributed by atoms with E-state index in [0.717, 1.165) is 17.5 Å². The van der Waals surface area contributed by atoms with E-state index in [2.05, 4.69) is 10.3 Å². The lowest BCUT2D eigenvalue weighted by atomic mass is 10.1. The van der Waals surface area contributed by atoms with Gasteiger partial charge in [-0.3, -0.25) is 9.59 Å². The van der Waals surface area contributed by atoms with E-state index in [0.29, 0.717) is 24.1 Å². The van der Waals surface area contributed by atoms with Gasteiger partial charge in [-0.2, -0.15) is 4.98 Å². The van der Waals surface area contributed by atoms with Crippen LogP contribution in [0.5, 0.6) is 0 Å². The van der Waals surface area contributed by atoms with Gasteiger partial charge in [0.1, 0.15) is 5.82 Å². The van der Waals surface area contributed by atoms with Crippen molar-refractivity contribution in [1.82, 2.24) is 14.9 Å². The lowest BCUT2D eigenvalue weighted by molar-refractivity contribution is -0.120. The molecule has 0 spiro atoms. The van der Waals surface area contributed by atoms with E-state index < -0.39 is 10.8 Å². The fraction of sp³-hybridized carbons (Fsp3) is 0.227. The predicted octanol–water partition coefficient (Wildman–Crippen LogP) is 2.87. The summed E-state index contributed by atoms with van der Waals surface area (Å²) in [4.78, 5) is 28.5. The molecule has 0 aliphatic rings. The summed E-state index contributed by atoms with van der Waals surface area (Å²) in [5.74, 6) is 0.227. The minimum atomic E-state index is -0.421. The standard InChI is InChI=1S/C22H24N4O2S/c1-16(21(28)24-15-18-10-6-3-7-11-18)29-22-25-20(27)14-19(23)26(22)13-12-17-8-4-2-5-9-17/h2-11,14,16H,12-13,15,23H2,1H3,(H,24,28)/t16-/m0/s1. The van der Waals surface area contributed by atoms with Gasteiger partial charge < -0.3 is 15.6 Å². The number of aryl methyl sites for hydroxylation is 1. The topological polar surface area (TPSA) is 90.0 Å². The van der Waals surface area contributed by atoms with Crippen molar-refractivity contribution < 1.29 is 4.79 Å². The normalized spacial score (nSPS) is 11.8. The number of nitrogens with zero attached hydrogens (tertiary/aromatic N) is 2. The molecule has 0 aliphatic heterocycles. The van der Waals surface area contributed by atoms with Gasteiger partial charge in [-0.25, -0.2) is 0 Å². The van der Waals surface area contributed by atoms with E-state index in [1.165, 1.54) is 17.8 Å². The molecule has 0 fully saturated rings. The van der Waals surface area contributed by atoms with Gasteiger partial charge in [0.2, 0.25) is 5.91 Å². The van der Waals surface area contributed by atoms with Crippen LogP contribution in [0, 0.1) is 0 Å². The molecule has 0 aliphatic carbocycles. The predicted molar refractivity (Wildman–Crippen MR) is 117 cm³/mol. The van der Waals surface area contributed by atoms with E-state index in [-0.39, 0.29) is 5.91 Å². The zero-order valence-electron chi connectivity index (χ0n) is 16.2. The van der Waals surface area contributed by atoms with Crippen LogP contribution >= 0.6 is 11.8 Å². The van der Waals surface area contributed by atoms with Gasteiger partial charge in [-0.15, -0.1) is 0 Å². The average Bonchev–Trinajstić information content (AvgIpc) is 2.72. The van der Waals surface area contributed by atoms with Crippen LogP contribution in [0.25, 0.3) is 0 Å². The highest BCUT2D eigenvalue weighted by Crippen LogP contribution is 2.23. The highest BCUT2D eigenvalue weighted by molar-refractivity contribution is 8.00. The second kappa shape index (κ2) is 9.93. The molecule has 6 nitrogen and oxygen atoms in total. The maximum atomic E-state index is 12.5. The number of thioether (sulfide) groups is 1. The first-order valence-electron chi connectivity index (χ1n) is 9.42. The molecule has 0 radical (unpaired) electrons. The highest BCUT2D eigenvalue weighted by atomic mass is 32.2. The number of aromatic nitrogens is 2. The molecule has 0 saturated heterocycles. The van der Waals surface area contributed by atoms with Gasteiger partial charge in [0.25, 0.3) is 5.56 Å². The molecular weight excluding hydrogens is 384 g/mol. The van der Waals surface area contributed by atoms with E-state index in [4.69, 9.17) is 5.73 Å². The first kappa shape index (κ1) is 20.7. The fourth-order valence-electron chi connectivity index (χ4n) is 2.84. The summed E-state index contributed by atoms with van der Waals surface area (Å²) < 4.78 is 1.79. The lowest BCUT2D eigenvalue weighted by Crippen LogP contribution is -2.31. The molecule has 1 aromatic heterocycles. The van der Waals surface area contributed by atoms with Crippen LogP contribution in [-0.4, -0.2) is 20.7 Å². The molecule has 3 rings (SSSR count). The summed E-state index contributed by atoms with van der Waals surface area (Å²) in [6.45, 7) is 2.82. The Labute approximate surface area is 174 Å². The summed E-state index contributed by atoms with van der Waals surface area (Å²) in [6, 6.07) is 21.0. The Kier molecular flexibility index (Phi) is 7.08.